The molecule has 2 heterocycles. The molecular formula is C20H25N3O4S. The number of rotatable bonds is 8. The number of nitrogens with zero attached hydrogens (tertiary/aromatic N) is 3. The first-order valence-electron chi connectivity index (χ1n) is 9.36. The topological polar surface area (TPSA) is 72.0 Å². The summed E-state index contributed by atoms with van der Waals surface area (Å²) < 4.78 is 10.7. The van der Waals surface area contributed by atoms with E-state index in [1.54, 1.807) is 23.3 Å². The molecule has 8 heteroatoms. The van der Waals surface area contributed by atoms with Crippen LogP contribution >= 0.6 is 11.3 Å². The molecule has 3 rings (SSSR count). The molecule has 0 unspecified atom stereocenters. The number of aromatic nitrogens is 1. The number of hydrogen-bond acceptors (Lipinski definition) is 6. The Bertz CT molecular complexity index is 848. The first-order chi connectivity index (χ1) is 13.6. The molecule has 28 heavy (non-hydrogen) atoms. The van der Waals surface area contributed by atoms with Crippen LogP contribution in [0.4, 0.5) is 5.69 Å². The number of anilines is 1. The van der Waals surface area contributed by atoms with Gasteiger partial charge >= 0.3 is 0 Å². The number of likely N-dealkylation sites (N-methyl/N-ethyl adjacent to an activating group) is 1. The van der Waals surface area contributed by atoms with E-state index in [4.69, 9.17) is 9.47 Å². The smallest absolute Gasteiger partial charge is 0.265 e. The van der Waals surface area contributed by atoms with Crippen molar-refractivity contribution < 1.29 is 19.1 Å². The fraction of sp³-hybridized carbons (Fsp3) is 0.450. The summed E-state index contributed by atoms with van der Waals surface area (Å²) in [6.07, 6.45) is 0.762. The van der Waals surface area contributed by atoms with Crippen molar-refractivity contribution in [3.63, 3.8) is 0 Å². The highest BCUT2D eigenvalue weighted by Crippen LogP contribution is 2.36. The van der Waals surface area contributed by atoms with Crippen molar-refractivity contribution in [2.24, 2.45) is 0 Å². The molecule has 1 aliphatic rings. The van der Waals surface area contributed by atoms with Crippen LogP contribution in [0.15, 0.2) is 23.6 Å². The summed E-state index contributed by atoms with van der Waals surface area (Å²) in [5.74, 6) is 0.307. The lowest BCUT2D eigenvalue weighted by molar-refractivity contribution is -0.131. The van der Waals surface area contributed by atoms with E-state index in [9.17, 15) is 9.59 Å². The minimum atomic E-state index is -0.218. The summed E-state index contributed by atoms with van der Waals surface area (Å²) in [4.78, 5) is 32.9. The second-order valence-electron chi connectivity index (χ2n) is 6.39. The average Bonchev–Trinajstić information content (AvgIpc) is 3.18. The maximum atomic E-state index is 12.6. The molecule has 7 nitrogen and oxygen atoms in total. The Morgan fingerprint density at radius 3 is 2.86 bits per heavy atom. The molecule has 0 N–H and O–H groups in total. The lowest BCUT2D eigenvalue weighted by Gasteiger charge is -2.31. The van der Waals surface area contributed by atoms with Crippen LogP contribution in [0.25, 0.3) is 11.3 Å². The average molecular weight is 404 g/mol. The van der Waals surface area contributed by atoms with E-state index in [-0.39, 0.29) is 25.0 Å². The van der Waals surface area contributed by atoms with Crippen molar-refractivity contribution in [3.05, 3.63) is 28.6 Å². The number of hydrogen-bond donors (Lipinski definition) is 0. The molecule has 1 aliphatic heterocycles. The van der Waals surface area contributed by atoms with E-state index < -0.39 is 0 Å². The quantitative estimate of drug-likeness (QED) is 0.677. The van der Waals surface area contributed by atoms with Gasteiger partial charge in [-0.15, -0.1) is 11.3 Å². The molecule has 2 amide bonds. The molecule has 0 radical (unpaired) electrons. The molecule has 2 aromatic rings. The molecule has 0 aliphatic carbocycles. The fourth-order valence-electron chi connectivity index (χ4n) is 3.09. The zero-order chi connectivity index (χ0) is 20.1. The molecule has 1 aromatic heterocycles. The lowest BCUT2D eigenvalue weighted by Crippen LogP contribution is -2.46. The molecule has 0 spiro atoms. The van der Waals surface area contributed by atoms with Gasteiger partial charge in [-0.3, -0.25) is 14.5 Å². The Balaban J connectivity index is 1.87. The van der Waals surface area contributed by atoms with Crippen LogP contribution in [-0.4, -0.2) is 61.7 Å². The van der Waals surface area contributed by atoms with E-state index in [2.05, 4.69) is 4.98 Å². The second-order valence-corrected chi connectivity index (χ2v) is 7.33. The van der Waals surface area contributed by atoms with Crippen molar-refractivity contribution in [3.8, 4) is 17.0 Å². The molecular weight excluding hydrogens is 378 g/mol. The molecule has 0 fully saturated rings. The van der Waals surface area contributed by atoms with E-state index in [1.807, 2.05) is 37.4 Å². The summed E-state index contributed by atoms with van der Waals surface area (Å²) in [5.41, 5.74) is 2.34. The number of fused-ring (bicyclic) bond motifs is 1. The number of carbonyl (C=O) groups excluding carboxylic acids is 2. The normalized spacial score (nSPS) is 13.2. The number of amides is 2. The monoisotopic (exact) mass is 403 g/mol. The minimum absolute atomic E-state index is 0.0104. The van der Waals surface area contributed by atoms with Gasteiger partial charge in [0.05, 0.1) is 23.0 Å². The third-order valence-electron chi connectivity index (χ3n) is 4.68. The van der Waals surface area contributed by atoms with Gasteiger partial charge in [-0.25, -0.2) is 4.98 Å². The summed E-state index contributed by atoms with van der Waals surface area (Å²) in [6, 6.07) is 5.63. The van der Waals surface area contributed by atoms with Gasteiger partial charge in [-0.2, -0.15) is 0 Å². The summed E-state index contributed by atoms with van der Waals surface area (Å²) in [6.45, 7) is 5.66. The van der Waals surface area contributed by atoms with Crippen molar-refractivity contribution in [2.45, 2.75) is 20.3 Å². The third kappa shape index (κ3) is 4.34. The van der Waals surface area contributed by atoms with Gasteiger partial charge < -0.3 is 14.4 Å². The first kappa shape index (κ1) is 20.3. The van der Waals surface area contributed by atoms with Gasteiger partial charge in [0.25, 0.3) is 5.91 Å². The zero-order valence-electron chi connectivity index (χ0n) is 16.4. The van der Waals surface area contributed by atoms with E-state index in [1.165, 1.54) is 4.90 Å². The maximum absolute atomic E-state index is 12.6. The van der Waals surface area contributed by atoms with Gasteiger partial charge in [0.1, 0.15) is 12.3 Å². The molecule has 0 saturated carbocycles. The second kappa shape index (κ2) is 9.16. The van der Waals surface area contributed by atoms with Crippen molar-refractivity contribution in [2.75, 3.05) is 44.9 Å². The van der Waals surface area contributed by atoms with E-state index >= 15 is 0 Å². The summed E-state index contributed by atoms with van der Waals surface area (Å²) in [5, 5.41) is 2.99. The van der Waals surface area contributed by atoms with Crippen LogP contribution < -0.4 is 9.64 Å². The van der Waals surface area contributed by atoms with E-state index in [0.29, 0.717) is 31.1 Å². The molecule has 1 aromatic carbocycles. The number of ether oxygens (including phenoxy) is 2. The van der Waals surface area contributed by atoms with Crippen LogP contribution in [0.1, 0.15) is 18.9 Å². The highest BCUT2D eigenvalue weighted by molar-refractivity contribution is 7.09. The predicted molar refractivity (Wildman–Crippen MR) is 109 cm³/mol. The highest BCUT2D eigenvalue weighted by Gasteiger charge is 2.29. The Morgan fingerprint density at radius 1 is 1.36 bits per heavy atom. The Labute approximate surface area is 168 Å². The van der Waals surface area contributed by atoms with Crippen LogP contribution in [-0.2, 0) is 20.7 Å². The summed E-state index contributed by atoms with van der Waals surface area (Å²) in [7, 11) is 1.67. The molecule has 150 valence electrons. The Morgan fingerprint density at radius 2 is 2.14 bits per heavy atom. The van der Waals surface area contributed by atoms with Gasteiger partial charge in [0.15, 0.2) is 6.61 Å². The van der Waals surface area contributed by atoms with E-state index in [0.717, 1.165) is 22.7 Å². The molecule has 0 bridgehead atoms. The maximum Gasteiger partial charge on any atom is 0.265 e. The van der Waals surface area contributed by atoms with Crippen LogP contribution in [0, 0.1) is 0 Å². The zero-order valence-corrected chi connectivity index (χ0v) is 17.3. The lowest BCUT2D eigenvalue weighted by atomic mass is 10.1. The Hall–Kier alpha value is -2.45. The SMILES string of the molecule is CCN(CC)C(=O)CN1C(=O)COc2ccc(-c3csc(CCOC)n3)cc21. The Kier molecular flexibility index (Phi) is 6.64. The number of thiazole rings is 1. The third-order valence-corrected chi connectivity index (χ3v) is 5.59. The molecule has 0 saturated heterocycles. The first-order valence-corrected chi connectivity index (χ1v) is 10.2. The predicted octanol–water partition coefficient (Wildman–Crippen LogP) is 2.59. The van der Waals surface area contributed by atoms with Crippen LogP contribution in [0.5, 0.6) is 5.75 Å². The number of methoxy groups -OCH3 is 1. The van der Waals surface area contributed by atoms with Gasteiger partial charge in [-0.05, 0) is 32.0 Å². The van der Waals surface area contributed by atoms with Crippen LogP contribution in [0.2, 0.25) is 0 Å². The number of carbonyl (C=O) groups is 2. The highest BCUT2D eigenvalue weighted by atomic mass is 32.1. The standard InChI is InChI=1S/C20H25N3O4S/c1-4-22(5-2)19(24)11-23-16-10-14(6-7-17(16)27-12-20(23)25)15-13-28-18(21-15)8-9-26-3/h6-7,10,13H,4-5,8-9,11-12H2,1-3H3. The van der Waals surface area contributed by atoms with Gasteiger partial charge in [-0.1, -0.05) is 0 Å². The van der Waals surface area contributed by atoms with Crippen molar-refractivity contribution in [1.29, 1.82) is 0 Å². The van der Waals surface area contributed by atoms with Gasteiger partial charge in [0.2, 0.25) is 5.91 Å². The number of benzene rings is 1. The minimum Gasteiger partial charge on any atom is -0.482 e. The van der Waals surface area contributed by atoms with Crippen molar-refractivity contribution in [1.82, 2.24) is 9.88 Å². The fourth-order valence-corrected chi connectivity index (χ4v) is 3.88. The van der Waals surface area contributed by atoms with Crippen LogP contribution in [0.3, 0.4) is 0 Å². The van der Waals surface area contributed by atoms with Gasteiger partial charge in [0, 0.05) is 37.6 Å². The summed E-state index contributed by atoms with van der Waals surface area (Å²) >= 11 is 1.58. The molecule has 0 atom stereocenters. The largest absolute Gasteiger partial charge is 0.482 e. The van der Waals surface area contributed by atoms with Crippen molar-refractivity contribution >= 4 is 28.8 Å².